The molecular formula is C7H11NOS2. The third kappa shape index (κ3) is 7.63. The van der Waals surface area contributed by atoms with Crippen LogP contribution in [0.15, 0.2) is 0 Å². The Labute approximate surface area is 76.3 Å². The van der Waals surface area contributed by atoms with Gasteiger partial charge in [-0.15, -0.1) is 18.1 Å². The van der Waals surface area contributed by atoms with E-state index in [-0.39, 0.29) is 12.3 Å². The highest BCUT2D eigenvalue weighted by molar-refractivity contribution is 8.68. The molecule has 2 nitrogen and oxygen atoms in total. The van der Waals surface area contributed by atoms with Gasteiger partial charge in [-0.1, -0.05) is 16.7 Å². The van der Waals surface area contributed by atoms with E-state index in [2.05, 4.69) is 22.9 Å². The molecule has 0 unspecified atom stereocenters. The van der Waals surface area contributed by atoms with Gasteiger partial charge in [0.2, 0.25) is 5.91 Å². The first-order valence-electron chi connectivity index (χ1n) is 3.27. The highest BCUT2D eigenvalue weighted by atomic mass is 33.1. The summed E-state index contributed by atoms with van der Waals surface area (Å²) in [6.07, 6.45) is 6.04. The lowest BCUT2D eigenvalue weighted by molar-refractivity contribution is -0.120. The Bertz CT molecular complexity index is 153. The lowest BCUT2D eigenvalue weighted by Gasteiger charge is -2.00. The topological polar surface area (TPSA) is 29.1 Å². The van der Waals surface area contributed by atoms with Crippen molar-refractivity contribution in [2.45, 2.75) is 12.8 Å². The number of hydrogen-bond donors (Lipinski definition) is 2. The summed E-state index contributed by atoms with van der Waals surface area (Å²) in [5, 5.41) is 2.69. The maximum absolute atomic E-state index is 10.7. The van der Waals surface area contributed by atoms with Gasteiger partial charge in [-0.25, -0.2) is 0 Å². The van der Waals surface area contributed by atoms with Crippen LogP contribution in [-0.2, 0) is 4.79 Å². The minimum atomic E-state index is -0.0725. The summed E-state index contributed by atoms with van der Waals surface area (Å²) in [6.45, 7) is 0.689. The summed E-state index contributed by atoms with van der Waals surface area (Å²) in [4.78, 5) is 10.7. The van der Waals surface area contributed by atoms with Crippen LogP contribution >= 0.6 is 22.5 Å². The van der Waals surface area contributed by atoms with Crippen molar-refractivity contribution in [2.75, 3.05) is 12.3 Å². The van der Waals surface area contributed by atoms with Gasteiger partial charge in [-0.05, 0) is 6.42 Å². The minimum absolute atomic E-state index is 0.0725. The van der Waals surface area contributed by atoms with Gasteiger partial charge in [0.25, 0.3) is 0 Å². The molecule has 0 aliphatic rings. The summed E-state index contributed by atoms with van der Waals surface area (Å²) in [5.74, 6) is 3.15. The van der Waals surface area contributed by atoms with Gasteiger partial charge in [-0.2, -0.15) is 0 Å². The van der Waals surface area contributed by atoms with Crippen molar-refractivity contribution < 1.29 is 4.79 Å². The fourth-order valence-electron chi connectivity index (χ4n) is 0.520. The Kier molecular flexibility index (Phi) is 7.64. The van der Waals surface area contributed by atoms with Crippen molar-refractivity contribution in [3.63, 3.8) is 0 Å². The van der Waals surface area contributed by atoms with Crippen molar-refractivity contribution in [1.29, 1.82) is 0 Å². The summed E-state index contributed by atoms with van der Waals surface area (Å²) < 4.78 is 0. The van der Waals surface area contributed by atoms with Crippen LogP contribution in [-0.4, -0.2) is 18.2 Å². The molecule has 11 heavy (non-hydrogen) atoms. The highest BCUT2D eigenvalue weighted by Crippen LogP contribution is 2.04. The number of carbonyl (C=O) groups is 1. The SMILES string of the molecule is C#CCC(=O)NCCCSS. The molecule has 0 saturated heterocycles. The predicted octanol–water partition coefficient (Wildman–Crippen LogP) is 1.09. The molecule has 0 heterocycles. The lowest BCUT2D eigenvalue weighted by Crippen LogP contribution is -2.23. The second-order valence-electron chi connectivity index (χ2n) is 1.92. The Morgan fingerprint density at radius 1 is 1.73 bits per heavy atom. The van der Waals surface area contributed by atoms with Gasteiger partial charge in [0.15, 0.2) is 0 Å². The molecule has 0 fully saturated rings. The zero-order chi connectivity index (χ0) is 8.53. The van der Waals surface area contributed by atoms with Crippen LogP contribution in [0.1, 0.15) is 12.8 Å². The van der Waals surface area contributed by atoms with Crippen molar-refractivity contribution in [3.8, 4) is 12.3 Å². The molecule has 0 rings (SSSR count). The van der Waals surface area contributed by atoms with E-state index in [1.54, 1.807) is 0 Å². The smallest absolute Gasteiger partial charge is 0.232 e. The molecule has 0 spiro atoms. The zero-order valence-electron chi connectivity index (χ0n) is 6.17. The molecule has 1 N–H and O–H groups in total. The van der Waals surface area contributed by atoms with Crippen molar-refractivity contribution in [3.05, 3.63) is 0 Å². The molecule has 4 heteroatoms. The van der Waals surface area contributed by atoms with Crippen LogP contribution in [0.4, 0.5) is 0 Å². The van der Waals surface area contributed by atoms with Crippen LogP contribution in [0.3, 0.4) is 0 Å². The molecule has 0 aromatic heterocycles. The fourth-order valence-corrected chi connectivity index (χ4v) is 1.18. The molecule has 0 aliphatic heterocycles. The molecule has 0 radical (unpaired) electrons. The standard InChI is InChI=1S/C7H11NOS2/c1-2-4-7(9)8-5-3-6-11-10/h1,10H,3-6H2,(H,8,9). The van der Waals surface area contributed by atoms with Gasteiger partial charge < -0.3 is 5.32 Å². The Morgan fingerprint density at radius 2 is 2.45 bits per heavy atom. The summed E-state index contributed by atoms with van der Waals surface area (Å²) >= 11 is 3.96. The number of carbonyl (C=O) groups excluding carboxylic acids is 1. The van der Waals surface area contributed by atoms with E-state index in [9.17, 15) is 4.79 Å². The number of thiol groups is 1. The van der Waals surface area contributed by atoms with Crippen LogP contribution in [0.5, 0.6) is 0 Å². The van der Waals surface area contributed by atoms with E-state index < -0.39 is 0 Å². The molecule has 0 aromatic carbocycles. The van der Waals surface area contributed by atoms with E-state index in [4.69, 9.17) is 6.42 Å². The average molecular weight is 189 g/mol. The van der Waals surface area contributed by atoms with Crippen LogP contribution < -0.4 is 5.32 Å². The lowest BCUT2D eigenvalue weighted by atomic mass is 10.4. The minimum Gasteiger partial charge on any atom is -0.355 e. The summed E-state index contributed by atoms with van der Waals surface area (Å²) in [6, 6.07) is 0. The third-order valence-electron chi connectivity index (χ3n) is 0.997. The molecule has 0 saturated carbocycles. The van der Waals surface area contributed by atoms with Gasteiger partial charge in [0.1, 0.15) is 0 Å². The number of terminal acetylenes is 1. The van der Waals surface area contributed by atoms with E-state index >= 15 is 0 Å². The quantitative estimate of drug-likeness (QED) is 0.293. The maximum Gasteiger partial charge on any atom is 0.232 e. The van der Waals surface area contributed by atoms with E-state index in [1.165, 1.54) is 10.8 Å². The predicted molar refractivity (Wildman–Crippen MR) is 52.5 cm³/mol. The van der Waals surface area contributed by atoms with Crippen molar-refractivity contribution in [1.82, 2.24) is 5.32 Å². The molecule has 0 aliphatic carbocycles. The molecule has 1 amide bonds. The van der Waals surface area contributed by atoms with Gasteiger partial charge in [0, 0.05) is 12.3 Å². The summed E-state index contributed by atoms with van der Waals surface area (Å²) in [5.41, 5.74) is 0. The van der Waals surface area contributed by atoms with Gasteiger partial charge in [-0.3, -0.25) is 4.79 Å². The Balaban J connectivity index is 3.12. The number of nitrogens with one attached hydrogen (secondary N) is 1. The van der Waals surface area contributed by atoms with Crippen molar-refractivity contribution >= 4 is 28.4 Å². The Morgan fingerprint density at radius 3 is 3.00 bits per heavy atom. The number of amides is 1. The fraction of sp³-hybridized carbons (Fsp3) is 0.571. The van der Waals surface area contributed by atoms with Gasteiger partial charge in [0.05, 0.1) is 6.42 Å². The molecule has 0 atom stereocenters. The Hall–Kier alpha value is -0.270. The normalized spacial score (nSPS) is 8.73. The first-order chi connectivity index (χ1) is 5.31. The molecule has 62 valence electrons. The second-order valence-corrected chi connectivity index (χ2v) is 3.36. The first-order valence-corrected chi connectivity index (χ1v) is 5.31. The van der Waals surface area contributed by atoms with Crippen molar-refractivity contribution in [2.24, 2.45) is 0 Å². The van der Waals surface area contributed by atoms with E-state index in [1.807, 2.05) is 0 Å². The maximum atomic E-state index is 10.7. The first kappa shape index (κ1) is 10.7. The van der Waals surface area contributed by atoms with Crippen LogP contribution in [0.2, 0.25) is 0 Å². The molecule has 0 aromatic rings. The average Bonchev–Trinajstić information content (AvgIpc) is 1.99. The van der Waals surface area contributed by atoms with E-state index in [0.29, 0.717) is 6.54 Å². The molecular weight excluding hydrogens is 178 g/mol. The second kappa shape index (κ2) is 7.83. The number of rotatable bonds is 5. The van der Waals surface area contributed by atoms with Crippen LogP contribution in [0.25, 0.3) is 0 Å². The third-order valence-corrected chi connectivity index (χ3v) is 2.02. The van der Waals surface area contributed by atoms with Gasteiger partial charge >= 0.3 is 0 Å². The van der Waals surface area contributed by atoms with Crippen LogP contribution in [0, 0.1) is 12.3 Å². The number of hydrogen-bond acceptors (Lipinski definition) is 3. The van der Waals surface area contributed by atoms with E-state index in [0.717, 1.165) is 12.2 Å². The zero-order valence-corrected chi connectivity index (χ0v) is 7.88. The largest absolute Gasteiger partial charge is 0.355 e. The summed E-state index contributed by atoms with van der Waals surface area (Å²) in [7, 11) is 1.47. The molecule has 0 bridgehead atoms. The highest BCUT2D eigenvalue weighted by Gasteiger charge is 1.95. The monoisotopic (exact) mass is 189 g/mol.